The van der Waals surface area contributed by atoms with E-state index in [-0.39, 0.29) is 5.56 Å². The first-order valence-electron chi connectivity index (χ1n) is 5.40. The van der Waals surface area contributed by atoms with Crippen molar-refractivity contribution in [2.75, 3.05) is 5.32 Å². The van der Waals surface area contributed by atoms with E-state index in [4.69, 9.17) is 0 Å². The number of rotatable bonds is 0. The summed E-state index contributed by atoms with van der Waals surface area (Å²) >= 11 is 0. The molecule has 1 aliphatic rings. The predicted molar refractivity (Wildman–Crippen MR) is 69.3 cm³/mol. The molecule has 0 radical (unpaired) electrons. The van der Waals surface area contributed by atoms with Gasteiger partial charge in [0.25, 0.3) is 5.56 Å². The summed E-state index contributed by atoms with van der Waals surface area (Å²) in [6.45, 7) is 0. The quantitative estimate of drug-likeness (QED) is 0.614. The van der Waals surface area contributed by atoms with E-state index in [0.717, 1.165) is 15.9 Å². The Hall–Kier alpha value is -2.63. The Labute approximate surface area is 102 Å². The molecule has 18 heavy (non-hydrogen) atoms. The average molecular weight is 242 g/mol. The van der Waals surface area contributed by atoms with Gasteiger partial charge in [-0.25, -0.2) is 4.79 Å². The minimum atomic E-state index is -0.459. The molecule has 2 heterocycles. The first-order chi connectivity index (χ1) is 8.66. The van der Waals surface area contributed by atoms with Gasteiger partial charge in [0.15, 0.2) is 0 Å². The fraction of sp³-hybridized carbons (Fsp3) is 0.0833. The van der Waals surface area contributed by atoms with Crippen molar-refractivity contribution >= 4 is 23.4 Å². The second-order valence-corrected chi connectivity index (χ2v) is 3.98. The van der Waals surface area contributed by atoms with E-state index in [1.54, 1.807) is 0 Å². The number of nitrogens with zero attached hydrogens (tertiary/aromatic N) is 2. The highest BCUT2D eigenvalue weighted by atomic mass is 16.2. The van der Waals surface area contributed by atoms with Crippen LogP contribution in [0, 0.1) is 0 Å². The van der Waals surface area contributed by atoms with Crippen molar-refractivity contribution in [1.29, 1.82) is 0 Å². The summed E-state index contributed by atoms with van der Waals surface area (Å²) in [4.78, 5) is 30.4. The number of anilines is 2. The van der Waals surface area contributed by atoms with Crippen molar-refractivity contribution < 1.29 is 0 Å². The standard InChI is InChI=1S/C12H10N4O2/c1-16-11(17)7-6-13-8-4-2-3-5-9(8)14-10(7)15-12(16)18/h2-6,14H,1H3,(H,15,18). The molecule has 0 aliphatic carbocycles. The van der Waals surface area contributed by atoms with E-state index in [2.05, 4.69) is 15.3 Å². The molecule has 1 aliphatic heterocycles. The average Bonchev–Trinajstić information content (AvgIpc) is 2.55. The lowest BCUT2D eigenvalue weighted by Gasteiger charge is -2.08. The van der Waals surface area contributed by atoms with Crippen molar-refractivity contribution in [3.8, 4) is 0 Å². The van der Waals surface area contributed by atoms with Crippen LogP contribution in [0.15, 0.2) is 38.8 Å². The summed E-state index contributed by atoms with van der Waals surface area (Å²) in [5.74, 6) is 0.372. The fourth-order valence-electron chi connectivity index (χ4n) is 1.82. The molecule has 2 aromatic rings. The number of aromatic amines is 1. The normalized spacial score (nSPS) is 12.3. The van der Waals surface area contributed by atoms with Crippen LogP contribution >= 0.6 is 0 Å². The third-order valence-electron chi connectivity index (χ3n) is 2.84. The fourth-order valence-corrected chi connectivity index (χ4v) is 1.82. The number of aliphatic imine (C=N–C) groups is 1. The lowest BCUT2D eigenvalue weighted by Crippen LogP contribution is -2.35. The summed E-state index contributed by atoms with van der Waals surface area (Å²) < 4.78 is 1.02. The molecule has 0 unspecified atom stereocenters. The zero-order valence-electron chi connectivity index (χ0n) is 9.60. The highest BCUT2D eigenvalue weighted by molar-refractivity contribution is 5.93. The number of hydrogen-bond acceptors (Lipinski definition) is 4. The minimum Gasteiger partial charge on any atom is -0.339 e. The van der Waals surface area contributed by atoms with Gasteiger partial charge in [-0.1, -0.05) is 12.1 Å². The van der Waals surface area contributed by atoms with Crippen LogP contribution < -0.4 is 16.6 Å². The van der Waals surface area contributed by atoms with Crippen LogP contribution in [0.2, 0.25) is 0 Å². The Morgan fingerprint density at radius 2 is 2.00 bits per heavy atom. The maximum absolute atomic E-state index is 11.9. The number of hydrogen-bond donors (Lipinski definition) is 2. The summed E-state index contributed by atoms with van der Waals surface area (Å²) in [7, 11) is 1.42. The Bertz CT molecular complexity index is 770. The molecular weight excluding hydrogens is 232 g/mol. The molecule has 0 saturated carbocycles. The van der Waals surface area contributed by atoms with Gasteiger partial charge in [-0.05, 0) is 12.1 Å². The van der Waals surface area contributed by atoms with Crippen LogP contribution in [0.25, 0.3) is 0 Å². The largest absolute Gasteiger partial charge is 0.339 e. The van der Waals surface area contributed by atoms with E-state index in [9.17, 15) is 9.59 Å². The Kier molecular flexibility index (Phi) is 2.16. The first kappa shape index (κ1) is 10.5. The van der Waals surface area contributed by atoms with E-state index in [1.165, 1.54) is 13.3 Å². The van der Waals surface area contributed by atoms with Gasteiger partial charge in [0.2, 0.25) is 0 Å². The lowest BCUT2D eigenvalue weighted by molar-refractivity contribution is 0.777. The van der Waals surface area contributed by atoms with Crippen molar-refractivity contribution in [2.24, 2.45) is 12.0 Å². The van der Waals surface area contributed by atoms with E-state index in [1.807, 2.05) is 24.3 Å². The predicted octanol–water partition coefficient (Wildman–Crippen LogP) is 0.881. The monoisotopic (exact) mass is 242 g/mol. The van der Waals surface area contributed by atoms with Crippen molar-refractivity contribution in [1.82, 2.24) is 9.55 Å². The van der Waals surface area contributed by atoms with Crippen LogP contribution in [-0.2, 0) is 7.05 Å². The summed E-state index contributed by atoms with van der Waals surface area (Å²) in [6, 6.07) is 7.37. The Morgan fingerprint density at radius 3 is 2.83 bits per heavy atom. The molecule has 6 heteroatoms. The van der Waals surface area contributed by atoms with Gasteiger partial charge in [0, 0.05) is 13.3 Å². The van der Waals surface area contributed by atoms with Gasteiger partial charge in [-0.15, -0.1) is 0 Å². The molecule has 0 fully saturated rings. The Morgan fingerprint density at radius 1 is 1.22 bits per heavy atom. The maximum Gasteiger partial charge on any atom is 0.329 e. The molecule has 0 bridgehead atoms. The number of aromatic nitrogens is 2. The third-order valence-corrected chi connectivity index (χ3v) is 2.84. The molecule has 90 valence electrons. The number of benzene rings is 1. The number of fused-ring (bicyclic) bond motifs is 2. The molecule has 0 spiro atoms. The van der Waals surface area contributed by atoms with Gasteiger partial charge in [0.05, 0.1) is 16.9 Å². The topological polar surface area (TPSA) is 79.2 Å². The second kappa shape index (κ2) is 3.69. The van der Waals surface area contributed by atoms with E-state index in [0.29, 0.717) is 11.4 Å². The van der Waals surface area contributed by atoms with Crippen molar-refractivity contribution in [3.05, 3.63) is 50.7 Å². The SMILES string of the molecule is Cn1c(=O)[nH]c2c(c1=O)C=Nc1ccccc1N2. The van der Waals surface area contributed by atoms with Crippen molar-refractivity contribution in [2.45, 2.75) is 0 Å². The first-order valence-corrected chi connectivity index (χ1v) is 5.40. The molecule has 2 N–H and O–H groups in total. The molecule has 3 rings (SSSR count). The van der Waals surface area contributed by atoms with Gasteiger partial charge >= 0.3 is 5.69 Å². The summed E-state index contributed by atoms with van der Waals surface area (Å²) in [5.41, 5.74) is 0.971. The zero-order chi connectivity index (χ0) is 12.7. The molecule has 1 aromatic heterocycles. The van der Waals surface area contributed by atoms with Crippen molar-refractivity contribution in [3.63, 3.8) is 0 Å². The smallest absolute Gasteiger partial charge is 0.329 e. The zero-order valence-corrected chi connectivity index (χ0v) is 9.60. The lowest BCUT2D eigenvalue weighted by atomic mass is 10.2. The van der Waals surface area contributed by atoms with Gasteiger partial charge in [-0.2, -0.15) is 0 Å². The third kappa shape index (κ3) is 1.46. The molecule has 0 amide bonds. The highest BCUT2D eigenvalue weighted by Gasteiger charge is 2.14. The van der Waals surface area contributed by atoms with Gasteiger partial charge in [-0.3, -0.25) is 19.3 Å². The molecule has 0 atom stereocenters. The molecule has 1 aromatic carbocycles. The van der Waals surface area contributed by atoms with Crippen LogP contribution in [0.4, 0.5) is 17.2 Å². The van der Waals surface area contributed by atoms with Crippen LogP contribution in [0.3, 0.4) is 0 Å². The highest BCUT2D eigenvalue weighted by Crippen LogP contribution is 2.29. The molecular formula is C12H10N4O2. The van der Waals surface area contributed by atoms with Crippen LogP contribution in [0.5, 0.6) is 0 Å². The molecule has 0 saturated heterocycles. The summed E-state index contributed by atoms with van der Waals surface area (Å²) in [5, 5.41) is 3.02. The summed E-state index contributed by atoms with van der Waals surface area (Å²) in [6.07, 6.45) is 1.46. The van der Waals surface area contributed by atoms with E-state index < -0.39 is 5.69 Å². The maximum atomic E-state index is 11.9. The molecule has 6 nitrogen and oxygen atoms in total. The van der Waals surface area contributed by atoms with Crippen LogP contribution in [0.1, 0.15) is 5.56 Å². The Balaban J connectivity index is 2.31. The number of H-pyrrole nitrogens is 1. The second-order valence-electron chi connectivity index (χ2n) is 3.98. The number of nitrogens with one attached hydrogen (secondary N) is 2. The van der Waals surface area contributed by atoms with Crippen LogP contribution in [-0.4, -0.2) is 15.8 Å². The number of para-hydroxylation sites is 2. The minimum absolute atomic E-state index is 0.341. The van der Waals surface area contributed by atoms with Gasteiger partial charge < -0.3 is 5.32 Å². The van der Waals surface area contributed by atoms with Gasteiger partial charge in [0.1, 0.15) is 5.82 Å². The van der Waals surface area contributed by atoms with E-state index >= 15 is 0 Å².